The van der Waals surface area contributed by atoms with Crippen LogP contribution in [0.5, 0.6) is 17.2 Å². The first-order valence-corrected chi connectivity index (χ1v) is 13.5. The molecule has 1 fully saturated rings. The third-order valence-electron chi connectivity index (χ3n) is 8.78. The molecule has 1 aliphatic heterocycles. The molecule has 0 radical (unpaired) electrons. The summed E-state index contributed by atoms with van der Waals surface area (Å²) >= 11 is 0. The van der Waals surface area contributed by atoms with Gasteiger partial charge in [0.05, 0.1) is 31.7 Å². The zero-order valence-corrected chi connectivity index (χ0v) is 23.0. The van der Waals surface area contributed by atoms with Gasteiger partial charge in [-0.05, 0) is 67.2 Å². The van der Waals surface area contributed by atoms with E-state index in [-0.39, 0.29) is 47.1 Å². The predicted molar refractivity (Wildman–Crippen MR) is 152 cm³/mol. The molecule has 4 unspecified atom stereocenters. The molecule has 4 atom stereocenters. The molecule has 8 heteroatoms. The first-order chi connectivity index (χ1) is 19.7. The van der Waals surface area contributed by atoms with Gasteiger partial charge in [-0.2, -0.15) is 0 Å². The van der Waals surface area contributed by atoms with Crippen LogP contribution < -0.4 is 14.4 Å². The van der Waals surface area contributed by atoms with Crippen LogP contribution in [0.25, 0.3) is 6.08 Å². The summed E-state index contributed by atoms with van der Waals surface area (Å²) in [7, 11) is 2.83. The number of nitrogens with zero attached hydrogens (tertiary/aromatic N) is 1. The monoisotopic (exact) mass is 551 g/mol. The summed E-state index contributed by atoms with van der Waals surface area (Å²) < 4.78 is 10.8. The Morgan fingerprint density at radius 2 is 1.63 bits per heavy atom. The molecule has 0 spiro atoms. The number of fused-ring (bicyclic) bond motifs is 3. The number of benzene rings is 2. The molecular formula is C33H29NO7. The minimum absolute atomic E-state index is 0.153. The number of anilines is 1. The number of imide groups is 1. The molecule has 1 N–H and O–H groups in total. The number of carbonyl (C=O) groups is 4. The van der Waals surface area contributed by atoms with Gasteiger partial charge in [0.25, 0.3) is 0 Å². The molecule has 6 rings (SSSR count). The van der Waals surface area contributed by atoms with Gasteiger partial charge in [0.2, 0.25) is 17.6 Å². The second kappa shape index (κ2) is 9.73. The Balaban J connectivity index is 1.50. The SMILES string of the molecule is C=Cc1ccc(N2C(=O)C3CC=C4C(c5cc(OC)c(O)c(OC)c5)C5=C(CC4C3C2=O)C(=O)C(C)=CC5=O)cc1. The fraction of sp³-hybridized carbons (Fsp3) is 0.273. The predicted octanol–water partition coefficient (Wildman–Crippen LogP) is 4.69. The van der Waals surface area contributed by atoms with E-state index in [9.17, 15) is 24.3 Å². The Labute approximate surface area is 237 Å². The molecule has 3 aliphatic carbocycles. The quantitative estimate of drug-likeness (QED) is 0.326. The molecule has 2 amide bonds. The molecule has 4 aliphatic rings. The van der Waals surface area contributed by atoms with Gasteiger partial charge in [0.1, 0.15) is 0 Å². The largest absolute Gasteiger partial charge is 0.502 e. The number of hydrogen-bond acceptors (Lipinski definition) is 7. The zero-order chi connectivity index (χ0) is 29.2. The van der Waals surface area contributed by atoms with Crippen LogP contribution in [-0.2, 0) is 19.2 Å². The minimum Gasteiger partial charge on any atom is -0.502 e. The molecule has 1 saturated heterocycles. The first kappa shape index (κ1) is 26.5. The number of hydrogen-bond donors (Lipinski definition) is 1. The lowest BCUT2D eigenvalue weighted by Crippen LogP contribution is -2.39. The van der Waals surface area contributed by atoms with E-state index in [0.717, 1.165) is 11.1 Å². The number of ether oxygens (including phenoxy) is 2. The molecule has 208 valence electrons. The highest BCUT2D eigenvalue weighted by atomic mass is 16.5. The van der Waals surface area contributed by atoms with E-state index in [1.807, 2.05) is 6.08 Å². The molecule has 2 aromatic carbocycles. The molecule has 0 saturated carbocycles. The Hall–Kier alpha value is -4.72. The molecule has 8 nitrogen and oxygen atoms in total. The van der Waals surface area contributed by atoms with E-state index in [2.05, 4.69) is 6.58 Å². The van der Waals surface area contributed by atoms with E-state index >= 15 is 0 Å². The van der Waals surface area contributed by atoms with Crippen molar-refractivity contribution in [3.63, 3.8) is 0 Å². The van der Waals surface area contributed by atoms with Crippen molar-refractivity contribution in [1.82, 2.24) is 0 Å². The molecule has 0 bridgehead atoms. The average Bonchev–Trinajstić information content (AvgIpc) is 3.24. The van der Waals surface area contributed by atoms with Crippen LogP contribution in [0.15, 0.2) is 77.4 Å². The number of Topliss-reactive ketones (excluding diaryl/α,β-unsaturated/α-hetero) is 1. The van der Waals surface area contributed by atoms with Gasteiger partial charge in [-0.25, -0.2) is 0 Å². The smallest absolute Gasteiger partial charge is 0.238 e. The van der Waals surface area contributed by atoms with Crippen molar-refractivity contribution in [3.8, 4) is 17.2 Å². The number of allylic oxidation sites excluding steroid dienone is 6. The van der Waals surface area contributed by atoms with Crippen LogP contribution >= 0.6 is 0 Å². The number of aromatic hydroxyl groups is 1. The van der Waals surface area contributed by atoms with Gasteiger partial charge >= 0.3 is 0 Å². The second-order valence-electron chi connectivity index (χ2n) is 10.8. The maximum absolute atomic E-state index is 14.0. The Morgan fingerprint density at radius 1 is 0.976 bits per heavy atom. The summed E-state index contributed by atoms with van der Waals surface area (Å²) in [6.07, 6.45) is 5.50. The number of methoxy groups -OCH3 is 2. The van der Waals surface area contributed by atoms with Gasteiger partial charge in [-0.1, -0.05) is 36.4 Å². The van der Waals surface area contributed by atoms with E-state index in [1.165, 1.54) is 25.2 Å². The van der Waals surface area contributed by atoms with Crippen molar-refractivity contribution in [2.75, 3.05) is 19.1 Å². The lowest BCUT2D eigenvalue weighted by Gasteiger charge is -2.42. The van der Waals surface area contributed by atoms with Crippen molar-refractivity contribution in [2.45, 2.75) is 25.7 Å². The maximum atomic E-state index is 14.0. The number of phenols is 1. The van der Waals surface area contributed by atoms with Crippen LogP contribution in [-0.4, -0.2) is 42.7 Å². The molecule has 2 aromatic rings. The van der Waals surface area contributed by atoms with Gasteiger partial charge in [-0.3, -0.25) is 24.1 Å². The van der Waals surface area contributed by atoms with Crippen molar-refractivity contribution >= 4 is 35.1 Å². The lowest BCUT2D eigenvalue weighted by atomic mass is 9.59. The van der Waals surface area contributed by atoms with Gasteiger partial charge in [-0.15, -0.1) is 0 Å². The van der Waals surface area contributed by atoms with Crippen LogP contribution in [0.3, 0.4) is 0 Å². The third kappa shape index (κ3) is 3.89. The summed E-state index contributed by atoms with van der Waals surface area (Å²) in [5, 5.41) is 10.6. The lowest BCUT2D eigenvalue weighted by molar-refractivity contribution is -0.123. The number of ketones is 2. The normalized spacial score (nSPS) is 25.3. The second-order valence-corrected chi connectivity index (χ2v) is 10.8. The topological polar surface area (TPSA) is 110 Å². The van der Waals surface area contributed by atoms with E-state index < -0.39 is 23.7 Å². The highest BCUT2D eigenvalue weighted by Gasteiger charge is 2.56. The van der Waals surface area contributed by atoms with Crippen molar-refractivity contribution in [1.29, 1.82) is 0 Å². The van der Waals surface area contributed by atoms with Crippen molar-refractivity contribution in [3.05, 3.63) is 88.5 Å². The Bertz CT molecular complexity index is 1620. The Morgan fingerprint density at radius 3 is 2.24 bits per heavy atom. The first-order valence-electron chi connectivity index (χ1n) is 13.5. The summed E-state index contributed by atoms with van der Waals surface area (Å²) in [5.74, 6) is -3.39. The highest BCUT2D eigenvalue weighted by Crippen LogP contribution is 2.56. The average molecular weight is 552 g/mol. The van der Waals surface area contributed by atoms with Crippen molar-refractivity contribution < 1.29 is 33.8 Å². The van der Waals surface area contributed by atoms with Gasteiger partial charge < -0.3 is 14.6 Å². The van der Waals surface area contributed by atoms with Crippen LogP contribution in [0.1, 0.15) is 36.8 Å². The van der Waals surface area contributed by atoms with Crippen LogP contribution in [0.2, 0.25) is 0 Å². The number of phenolic OH excluding ortho intramolecular Hbond substituents is 1. The fourth-order valence-corrected chi connectivity index (χ4v) is 6.86. The Kier molecular flexibility index (Phi) is 6.29. The summed E-state index contributed by atoms with van der Waals surface area (Å²) in [6, 6.07) is 10.3. The summed E-state index contributed by atoms with van der Waals surface area (Å²) in [4.78, 5) is 55.9. The summed E-state index contributed by atoms with van der Waals surface area (Å²) in [6.45, 7) is 5.37. The standard InChI is InChI=1S/C33H29NO7/c1-5-17-6-8-19(9-7-17)34-32(38)21-11-10-20-22(28(21)33(34)39)15-23-29(24(35)12-16(2)30(23)36)27(20)18-13-25(40-3)31(37)26(14-18)41-4/h5-10,12-14,21-22,27-28,37H,1,11,15H2,2-4H3. The number of carbonyl (C=O) groups excluding carboxylic acids is 4. The van der Waals surface area contributed by atoms with Gasteiger partial charge in [0, 0.05) is 22.6 Å². The number of rotatable bonds is 5. The van der Waals surface area contributed by atoms with E-state index in [1.54, 1.807) is 49.4 Å². The summed E-state index contributed by atoms with van der Waals surface area (Å²) in [5.41, 5.74) is 3.80. The maximum Gasteiger partial charge on any atom is 0.238 e. The van der Waals surface area contributed by atoms with Crippen LogP contribution in [0, 0.1) is 17.8 Å². The van der Waals surface area contributed by atoms with Crippen LogP contribution in [0.4, 0.5) is 5.69 Å². The third-order valence-corrected chi connectivity index (χ3v) is 8.78. The molecule has 1 heterocycles. The van der Waals surface area contributed by atoms with E-state index in [0.29, 0.717) is 34.4 Å². The van der Waals surface area contributed by atoms with Gasteiger partial charge in [0.15, 0.2) is 23.1 Å². The minimum atomic E-state index is -0.687. The number of amides is 2. The highest BCUT2D eigenvalue weighted by molar-refractivity contribution is 6.25. The van der Waals surface area contributed by atoms with Crippen molar-refractivity contribution in [2.24, 2.45) is 17.8 Å². The molecule has 41 heavy (non-hydrogen) atoms. The molecule has 0 aromatic heterocycles. The zero-order valence-electron chi connectivity index (χ0n) is 23.0. The molecular weight excluding hydrogens is 522 g/mol. The fourth-order valence-electron chi connectivity index (χ4n) is 6.86. The van der Waals surface area contributed by atoms with E-state index in [4.69, 9.17) is 9.47 Å².